The first-order chi connectivity index (χ1) is 15.7. The third-order valence-electron chi connectivity index (χ3n) is 5.99. The Morgan fingerprint density at radius 2 is 1.52 bits per heavy atom. The maximum atomic E-state index is 13.3. The Bertz CT molecular complexity index is 1240. The number of likely N-dealkylation sites (N-methyl/N-ethyl adjacent to an activating group) is 1. The molecule has 0 unspecified atom stereocenters. The number of amides is 3. The summed E-state index contributed by atoms with van der Waals surface area (Å²) in [5.74, 6) is -0.640. The maximum Gasteiger partial charge on any atom is 0.256 e. The van der Waals surface area contributed by atoms with Gasteiger partial charge in [0.25, 0.3) is 5.91 Å². The van der Waals surface area contributed by atoms with Gasteiger partial charge in [-0.1, -0.05) is 42.0 Å². The van der Waals surface area contributed by atoms with Crippen molar-refractivity contribution in [1.29, 1.82) is 0 Å². The highest BCUT2D eigenvalue weighted by Gasteiger charge is 2.30. The summed E-state index contributed by atoms with van der Waals surface area (Å²) in [6, 6.07) is 15.3. The number of hydrogen-bond donors (Lipinski definition) is 2. The molecule has 3 aromatic carbocycles. The molecule has 6 heteroatoms. The minimum Gasteiger partial charge on any atom is -0.332 e. The molecule has 0 heterocycles. The van der Waals surface area contributed by atoms with Gasteiger partial charge in [-0.05, 0) is 67.6 Å². The molecule has 3 amide bonds. The summed E-state index contributed by atoms with van der Waals surface area (Å²) >= 11 is 0. The molecule has 170 valence electrons. The zero-order valence-corrected chi connectivity index (χ0v) is 19.5. The largest absolute Gasteiger partial charge is 0.332 e. The van der Waals surface area contributed by atoms with Crippen molar-refractivity contribution >= 4 is 39.9 Å². The molecule has 0 aliphatic heterocycles. The van der Waals surface area contributed by atoms with Crippen molar-refractivity contribution in [3.8, 4) is 0 Å². The van der Waals surface area contributed by atoms with Gasteiger partial charge in [-0.2, -0.15) is 0 Å². The Kier molecular flexibility index (Phi) is 6.18. The fraction of sp³-hybridized carbons (Fsp3) is 0.296. The zero-order valence-electron chi connectivity index (χ0n) is 19.5. The highest BCUT2D eigenvalue weighted by molar-refractivity contribution is 6.09. The zero-order chi connectivity index (χ0) is 23.7. The van der Waals surface area contributed by atoms with Crippen molar-refractivity contribution < 1.29 is 14.4 Å². The first kappa shape index (κ1) is 22.5. The van der Waals surface area contributed by atoms with E-state index in [1.807, 2.05) is 63.2 Å². The molecule has 1 aliphatic rings. The lowest BCUT2D eigenvalue weighted by Crippen LogP contribution is -2.35. The Morgan fingerprint density at radius 3 is 2.12 bits per heavy atom. The summed E-state index contributed by atoms with van der Waals surface area (Å²) in [6.07, 6.45) is 1.75. The van der Waals surface area contributed by atoms with Gasteiger partial charge in [0, 0.05) is 18.7 Å². The van der Waals surface area contributed by atoms with Crippen molar-refractivity contribution in [3.05, 3.63) is 70.8 Å². The summed E-state index contributed by atoms with van der Waals surface area (Å²) in [4.78, 5) is 39.9. The van der Waals surface area contributed by atoms with Crippen molar-refractivity contribution in [2.24, 2.45) is 5.92 Å². The number of hydrogen-bond acceptors (Lipinski definition) is 3. The van der Waals surface area contributed by atoms with Crippen LogP contribution in [0.4, 0.5) is 11.4 Å². The van der Waals surface area contributed by atoms with Crippen LogP contribution in [0.2, 0.25) is 0 Å². The molecule has 0 spiro atoms. The second kappa shape index (κ2) is 9.06. The minimum absolute atomic E-state index is 0.0175. The summed E-state index contributed by atoms with van der Waals surface area (Å²) in [5.41, 5.74) is 4.72. The van der Waals surface area contributed by atoms with Crippen LogP contribution in [0.25, 0.3) is 10.8 Å². The number of rotatable bonds is 6. The standard InChI is InChI=1S/C27H29N3O3/c1-16-11-17(2)25(18(3)12-16)29-24(31)15-30(4)27(33)22-13-20-7-5-6-8-21(20)14-23(22)28-26(32)19-9-10-19/h5-8,11-14,19H,9-10,15H2,1-4H3,(H,28,32)(H,29,31). The summed E-state index contributed by atoms with van der Waals surface area (Å²) in [5, 5.41) is 7.70. The number of aryl methyl sites for hydroxylation is 3. The first-order valence-corrected chi connectivity index (χ1v) is 11.2. The van der Waals surface area contributed by atoms with E-state index in [0.717, 1.165) is 46.0 Å². The van der Waals surface area contributed by atoms with Gasteiger partial charge >= 0.3 is 0 Å². The SMILES string of the molecule is Cc1cc(C)c(NC(=O)CN(C)C(=O)c2cc3ccccc3cc2NC(=O)C2CC2)c(C)c1. The van der Waals surface area contributed by atoms with Crippen molar-refractivity contribution in [3.63, 3.8) is 0 Å². The van der Waals surface area contributed by atoms with Crippen molar-refractivity contribution in [2.75, 3.05) is 24.2 Å². The summed E-state index contributed by atoms with van der Waals surface area (Å²) < 4.78 is 0. The van der Waals surface area contributed by atoms with E-state index < -0.39 is 0 Å². The maximum absolute atomic E-state index is 13.3. The fourth-order valence-electron chi connectivity index (χ4n) is 4.15. The van der Waals surface area contributed by atoms with Crippen LogP contribution in [0.1, 0.15) is 39.9 Å². The molecule has 6 nitrogen and oxygen atoms in total. The quantitative estimate of drug-likeness (QED) is 0.573. The van der Waals surface area contributed by atoms with Crippen LogP contribution in [-0.4, -0.2) is 36.2 Å². The first-order valence-electron chi connectivity index (χ1n) is 11.2. The smallest absolute Gasteiger partial charge is 0.256 e. The third-order valence-corrected chi connectivity index (χ3v) is 5.99. The van der Waals surface area contributed by atoms with Crippen molar-refractivity contribution in [1.82, 2.24) is 4.90 Å². The van der Waals surface area contributed by atoms with E-state index in [1.54, 1.807) is 13.1 Å². The van der Waals surface area contributed by atoms with Gasteiger partial charge in [-0.3, -0.25) is 14.4 Å². The Balaban J connectivity index is 1.55. The number of nitrogens with one attached hydrogen (secondary N) is 2. The van der Waals surface area contributed by atoms with Gasteiger partial charge in [0.2, 0.25) is 11.8 Å². The molecular weight excluding hydrogens is 414 g/mol. The normalized spacial score (nSPS) is 13.0. The summed E-state index contributed by atoms with van der Waals surface area (Å²) in [6.45, 7) is 5.82. The molecule has 1 saturated carbocycles. The highest BCUT2D eigenvalue weighted by Crippen LogP contribution is 2.32. The van der Waals surface area contributed by atoms with E-state index in [0.29, 0.717) is 11.3 Å². The second-order valence-corrected chi connectivity index (χ2v) is 8.99. The Morgan fingerprint density at radius 1 is 0.909 bits per heavy atom. The van der Waals surface area contributed by atoms with Gasteiger partial charge in [-0.15, -0.1) is 0 Å². The highest BCUT2D eigenvalue weighted by atomic mass is 16.2. The lowest BCUT2D eigenvalue weighted by molar-refractivity contribution is -0.117. The third kappa shape index (κ3) is 5.06. The average Bonchev–Trinajstić information content (AvgIpc) is 3.61. The summed E-state index contributed by atoms with van der Waals surface area (Å²) in [7, 11) is 1.60. The molecule has 1 fully saturated rings. The predicted molar refractivity (Wildman–Crippen MR) is 132 cm³/mol. The molecule has 0 saturated heterocycles. The lowest BCUT2D eigenvalue weighted by atomic mass is 10.0. The predicted octanol–water partition coefficient (Wildman–Crippen LogP) is 4.82. The molecule has 3 aromatic rings. The van der Waals surface area contributed by atoms with E-state index in [-0.39, 0.29) is 30.2 Å². The number of benzene rings is 3. The van der Waals surface area contributed by atoms with Crippen LogP contribution >= 0.6 is 0 Å². The average molecular weight is 444 g/mol. The van der Waals surface area contributed by atoms with Crippen LogP contribution in [0, 0.1) is 26.7 Å². The molecule has 0 bridgehead atoms. The van der Waals surface area contributed by atoms with E-state index in [1.165, 1.54) is 4.90 Å². The van der Waals surface area contributed by atoms with E-state index in [9.17, 15) is 14.4 Å². The molecule has 4 rings (SSSR count). The number of fused-ring (bicyclic) bond motifs is 1. The molecular formula is C27H29N3O3. The van der Waals surface area contributed by atoms with Crippen molar-refractivity contribution in [2.45, 2.75) is 33.6 Å². The monoisotopic (exact) mass is 443 g/mol. The van der Waals surface area contributed by atoms with E-state index in [4.69, 9.17) is 0 Å². The topological polar surface area (TPSA) is 78.5 Å². The molecule has 0 atom stereocenters. The molecule has 2 N–H and O–H groups in total. The van der Waals surface area contributed by atoms with Gasteiger partial charge in [0.1, 0.15) is 0 Å². The fourth-order valence-corrected chi connectivity index (χ4v) is 4.15. The molecule has 1 aliphatic carbocycles. The van der Waals surface area contributed by atoms with Gasteiger partial charge < -0.3 is 15.5 Å². The van der Waals surface area contributed by atoms with Gasteiger partial charge in [0.05, 0.1) is 17.8 Å². The molecule has 0 radical (unpaired) electrons. The van der Waals surface area contributed by atoms with Crippen LogP contribution in [-0.2, 0) is 9.59 Å². The number of anilines is 2. The van der Waals surface area contributed by atoms with Crippen LogP contribution in [0.15, 0.2) is 48.5 Å². The van der Waals surface area contributed by atoms with Gasteiger partial charge in [-0.25, -0.2) is 0 Å². The molecule has 33 heavy (non-hydrogen) atoms. The number of nitrogens with zero attached hydrogens (tertiary/aromatic N) is 1. The van der Waals surface area contributed by atoms with Crippen LogP contribution in [0.3, 0.4) is 0 Å². The second-order valence-electron chi connectivity index (χ2n) is 8.99. The number of carbonyl (C=O) groups is 3. The Hall–Kier alpha value is -3.67. The van der Waals surface area contributed by atoms with Crippen LogP contribution in [0.5, 0.6) is 0 Å². The lowest BCUT2D eigenvalue weighted by Gasteiger charge is -2.20. The van der Waals surface area contributed by atoms with Crippen LogP contribution < -0.4 is 10.6 Å². The van der Waals surface area contributed by atoms with Gasteiger partial charge in [0.15, 0.2) is 0 Å². The molecule has 0 aromatic heterocycles. The van der Waals surface area contributed by atoms with E-state index in [2.05, 4.69) is 10.6 Å². The Labute approximate surface area is 194 Å². The van der Waals surface area contributed by atoms with E-state index >= 15 is 0 Å². The number of carbonyl (C=O) groups excluding carboxylic acids is 3. The minimum atomic E-state index is -0.320.